The standard InChI is InChI=1S/C22H17F2N5/c23-17-5-2-6-18(24)21(17)29-20-9-14(7-8-26-20)22-27-11-16-15(13-3-1-4-13)10-25-12-19(16)28-22/h2,5-13H,1,3-4H2,(H,26,29). The molecular formula is C22H17F2N5. The zero-order valence-electron chi connectivity index (χ0n) is 15.4. The molecule has 3 aromatic heterocycles. The van der Waals surface area contributed by atoms with E-state index in [1.54, 1.807) is 24.5 Å². The van der Waals surface area contributed by atoms with Gasteiger partial charge in [0.1, 0.15) is 23.1 Å². The zero-order valence-corrected chi connectivity index (χ0v) is 15.4. The average molecular weight is 389 g/mol. The number of aromatic nitrogens is 4. The van der Waals surface area contributed by atoms with Gasteiger partial charge in [0.2, 0.25) is 0 Å². The van der Waals surface area contributed by atoms with Crippen molar-refractivity contribution in [1.29, 1.82) is 0 Å². The molecule has 1 saturated carbocycles. The monoisotopic (exact) mass is 389 g/mol. The number of para-hydroxylation sites is 1. The summed E-state index contributed by atoms with van der Waals surface area (Å²) in [5.41, 5.74) is 2.43. The molecule has 0 radical (unpaired) electrons. The van der Waals surface area contributed by atoms with E-state index in [2.05, 4.69) is 25.3 Å². The van der Waals surface area contributed by atoms with Crippen molar-refractivity contribution in [1.82, 2.24) is 19.9 Å². The van der Waals surface area contributed by atoms with Crippen LogP contribution >= 0.6 is 0 Å². The number of anilines is 2. The Balaban J connectivity index is 1.50. The Morgan fingerprint density at radius 2 is 1.79 bits per heavy atom. The molecule has 7 heteroatoms. The molecule has 0 amide bonds. The van der Waals surface area contributed by atoms with Crippen LogP contribution in [0.2, 0.25) is 0 Å². The molecule has 0 spiro atoms. The van der Waals surface area contributed by atoms with E-state index in [1.807, 2.05) is 12.4 Å². The molecule has 0 bridgehead atoms. The van der Waals surface area contributed by atoms with Crippen molar-refractivity contribution in [2.24, 2.45) is 0 Å². The van der Waals surface area contributed by atoms with Gasteiger partial charge in [-0.2, -0.15) is 0 Å². The van der Waals surface area contributed by atoms with Crippen LogP contribution in [-0.4, -0.2) is 19.9 Å². The summed E-state index contributed by atoms with van der Waals surface area (Å²) in [6, 6.07) is 7.11. The van der Waals surface area contributed by atoms with Gasteiger partial charge in [0.15, 0.2) is 5.82 Å². The average Bonchev–Trinajstić information content (AvgIpc) is 2.70. The second kappa shape index (κ2) is 7.16. The maximum Gasteiger partial charge on any atom is 0.160 e. The highest BCUT2D eigenvalue weighted by molar-refractivity contribution is 5.82. The molecule has 5 nitrogen and oxygen atoms in total. The van der Waals surface area contributed by atoms with Crippen LogP contribution in [0.5, 0.6) is 0 Å². The molecule has 1 aromatic carbocycles. The van der Waals surface area contributed by atoms with Gasteiger partial charge in [0, 0.05) is 29.5 Å². The van der Waals surface area contributed by atoms with Crippen LogP contribution in [0.15, 0.2) is 55.1 Å². The quantitative estimate of drug-likeness (QED) is 0.508. The number of hydrogen-bond acceptors (Lipinski definition) is 5. The van der Waals surface area contributed by atoms with Gasteiger partial charge >= 0.3 is 0 Å². The van der Waals surface area contributed by atoms with Gasteiger partial charge in [-0.25, -0.2) is 23.7 Å². The Bertz CT molecular complexity index is 1190. The van der Waals surface area contributed by atoms with E-state index in [1.165, 1.54) is 43.0 Å². The third-order valence-electron chi connectivity index (χ3n) is 5.32. The fraction of sp³-hybridized carbons (Fsp3) is 0.182. The summed E-state index contributed by atoms with van der Waals surface area (Å²) in [4.78, 5) is 17.7. The topological polar surface area (TPSA) is 63.6 Å². The van der Waals surface area contributed by atoms with Crippen molar-refractivity contribution in [3.05, 3.63) is 72.3 Å². The molecule has 1 aliphatic rings. The molecule has 1 N–H and O–H groups in total. The first-order chi connectivity index (χ1) is 14.2. The molecule has 5 rings (SSSR count). The molecule has 29 heavy (non-hydrogen) atoms. The van der Waals surface area contributed by atoms with Crippen LogP contribution in [0.1, 0.15) is 30.7 Å². The lowest BCUT2D eigenvalue weighted by atomic mass is 9.79. The maximum atomic E-state index is 13.9. The Kier molecular flexibility index (Phi) is 4.35. The molecule has 0 atom stereocenters. The number of nitrogens with zero attached hydrogens (tertiary/aromatic N) is 4. The van der Waals surface area contributed by atoms with Gasteiger partial charge in [0.25, 0.3) is 0 Å². The van der Waals surface area contributed by atoms with E-state index in [-0.39, 0.29) is 5.69 Å². The lowest BCUT2D eigenvalue weighted by Crippen LogP contribution is -2.10. The number of nitrogens with one attached hydrogen (secondary N) is 1. The van der Waals surface area contributed by atoms with Gasteiger partial charge < -0.3 is 5.32 Å². The van der Waals surface area contributed by atoms with Gasteiger partial charge in [0.05, 0.1) is 11.7 Å². The van der Waals surface area contributed by atoms with Gasteiger partial charge in [-0.1, -0.05) is 12.5 Å². The Hall–Kier alpha value is -3.48. The largest absolute Gasteiger partial charge is 0.335 e. The Morgan fingerprint density at radius 3 is 2.55 bits per heavy atom. The first kappa shape index (κ1) is 17.6. The van der Waals surface area contributed by atoms with Crippen molar-refractivity contribution in [3.8, 4) is 11.4 Å². The predicted molar refractivity (Wildman–Crippen MR) is 107 cm³/mol. The predicted octanol–water partition coefficient (Wildman–Crippen LogP) is 5.38. The summed E-state index contributed by atoms with van der Waals surface area (Å²) >= 11 is 0. The van der Waals surface area contributed by atoms with Crippen LogP contribution in [0.3, 0.4) is 0 Å². The molecule has 1 aliphatic carbocycles. The minimum atomic E-state index is -0.686. The first-order valence-corrected chi connectivity index (χ1v) is 9.47. The number of halogens is 2. The third kappa shape index (κ3) is 3.29. The number of fused-ring (bicyclic) bond motifs is 1. The lowest BCUT2D eigenvalue weighted by Gasteiger charge is -2.26. The number of hydrogen-bond donors (Lipinski definition) is 1. The Morgan fingerprint density at radius 1 is 0.966 bits per heavy atom. The lowest BCUT2D eigenvalue weighted by molar-refractivity contribution is 0.421. The fourth-order valence-corrected chi connectivity index (χ4v) is 3.54. The number of rotatable bonds is 4. The summed E-state index contributed by atoms with van der Waals surface area (Å²) in [6.45, 7) is 0. The van der Waals surface area contributed by atoms with Crippen molar-refractivity contribution in [3.63, 3.8) is 0 Å². The van der Waals surface area contributed by atoms with E-state index in [9.17, 15) is 8.78 Å². The van der Waals surface area contributed by atoms with Crippen LogP contribution in [0.25, 0.3) is 22.3 Å². The molecule has 0 saturated heterocycles. The zero-order chi connectivity index (χ0) is 19.8. The minimum absolute atomic E-state index is 0.245. The van der Waals surface area contributed by atoms with Gasteiger partial charge in [-0.05, 0) is 48.6 Å². The van der Waals surface area contributed by atoms with Crippen LogP contribution in [0.4, 0.5) is 20.3 Å². The highest BCUT2D eigenvalue weighted by Gasteiger charge is 2.22. The summed E-state index contributed by atoms with van der Waals surface area (Å²) < 4.78 is 27.8. The summed E-state index contributed by atoms with van der Waals surface area (Å²) in [6.07, 6.45) is 10.6. The maximum absolute atomic E-state index is 13.9. The molecule has 144 valence electrons. The second-order valence-electron chi connectivity index (χ2n) is 7.13. The molecule has 3 heterocycles. The van der Waals surface area contributed by atoms with Crippen molar-refractivity contribution in [2.75, 3.05) is 5.32 Å². The first-order valence-electron chi connectivity index (χ1n) is 9.47. The SMILES string of the molecule is Fc1cccc(F)c1Nc1cc(-c2ncc3c(C4CCC4)cncc3n2)ccn1. The number of benzene rings is 1. The summed E-state index contributed by atoms with van der Waals surface area (Å²) in [7, 11) is 0. The van der Waals surface area contributed by atoms with E-state index >= 15 is 0 Å². The van der Waals surface area contributed by atoms with E-state index in [4.69, 9.17) is 0 Å². The molecule has 4 aromatic rings. The van der Waals surface area contributed by atoms with E-state index < -0.39 is 11.6 Å². The van der Waals surface area contributed by atoms with E-state index in [0.29, 0.717) is 23.1 Å². The van der Waals surface area contributed by atoms with Crippen LogP contribution < -0.4 is 5.32 Å². The highest BCUT2D eigenvalue weighted by atomic mass is 19.1. The number of pyridine rings is 2. The highest BCUT2D eigenvalue weighted by Crippen LogP contribution is 2.39. The van der Waals surface area contributed by atoms with Crippen molar-refractivity contribution in [2.45, 2.75) is 25.2 Å². The van der Waals surface area contributed by atoms with Crippen molar-refractivity contribution >= 4 is 22.4 Å². The minimum Gasteiger partial charge on any atom is -0.335 e. The summed E-state index contributed by atoms with van der Waals surface area (Å²) in [5, 5.41) is 3.72. The Labute approximate surface area is 165 Å². The van der Waals surface area contributed by atoms with Crippen molar-refractivity contribution < 1.29 is 8.78 Å². The smallest absolute Gasteiger partial charge is 0.160 e. The fourth-order valence-electron chi connectivity index (χ4n) is 3.54. The second-order valence-corrected chi connectivity index (χ2v) is 7.13. The summed E-state index contributed by atoms with van der Waals surface area (Å²) in [5.74, 6) is -0.0309. The van der Waals surface area contributed by atoms with Crippen LogP contribution in [-0.2, 0) is 0 Å². The van der Waals surface area contributed by atoms with Gasteiger partial charge in [-0.15, -0.1) is 0 Å². The van der Waals surface area contributed by atoms with E-state index in [0.717, 1.165) is 10.9 Å². The molecule has 1 fully saturated rings. The molecule has 0 unspecified atom stereocenters. The van der Waals surface area contributed by atoms with Crippen LogP contribution in [0, 0.1) is 11.6 Å². The third-order valence-corrected chi connectivity index (χ3v) is 5.32. The van der Waals surface area contributed by atoms with Gasteiger partial charge in [-0.3, -0.25) is 4.98 Å². The normalized spacial score (nSPS) is 14.0. The molecular weight excluding hydrogens is 372 g/mol. The molecule has 0 aliphatic heterocycles.